The lowest BCUT2D eigenvalue weighted by atomic mass is 10.1. The van der Waals surface area contributed by atoms with Crippen LogP contribution in [-0.4, -0.2) is 34.0 Å². The molecule has 2 heterocycles. The van der Waals surface area contributed by atoms with Gasteiger partial charge in [0.2, 0.25) is 5.43 Å². The van der Waals surface area contributed by atoms with Crippen LogP contribution in [0, 0.1) is 5.92 Å². The molecule has 2 aromatic rings. The minimum Gasteiger partial charge on any atom is -0.352 e. The molecule has 0 radical (unpaired) electrons. The van der Waals surface area contributed by atoms with Crippen LogP contribution in [0.4, 0.5) is 0 Å². The second-order valence-electron chi connectivity index (χ2n) is 8.65. The van der Waals surface area contributed by atoms with Crippen molar-refractivity contribution in [3.05, 3.63) is 63.8 Å². The average molecular weight is 425 g/mol. The quantitative estimate of drug-likeness (QED) is 0.647. The van der Waals surface area contributed by atoms with Crippen LogP contribution in [-0.2, 0) is 13.0 Å². The third-order valence-electron chi connectivity index (χ3n) is 5.67. The van der Waals surface area contributed by atoms with Crippen LogP contribution in [0.3, 0.4) is 0 Å². The highest BCUT2D eigenvalue weighted by atomic mass is 16.2. The van der Waals surface area contributed by atoms with Gasteiger partial charge in [0.05, 0.1) is 0 Å². The molecule has 1 fully saturated rings. The molecule has 7 heteroatoms. The summed E-state index contributed by atoms with van der Waals surface area (Å²) in [4.78, 5) is 42.6. The minimum atomic E-state index is -0.516. The van der Waals surface area contributed by atoms with E-state index in [2.05, 4.69) is 29.5 Å². The summed E-state index contributed by atoms with van der Waals surface area (Å²) in [5.74, 6) is -0.373. The van der Waals surface area contributed by atoms with E-state index in [4.69, 9.17) is 0 Å². The van der Waals surface area contributed by atoms with Crippen molar-refractivity contribution in [2.24, 2.45) is 5.92 Å². The number of rotatable bonds is 9. The van der Waals surface area contributed by atoms with E-state index in [1.165, 1.54) is 0 Å². The van der Waals surface area contributed by atoms with Crippen LogP contribution in [0.25, 0.3) is 0 Å². The number of pyridine rings is 2. The first-order valence-electron chi connectivity index (χ1n) is 11.2. The maximum atomic E-state index is 13.0. The Morgan fingerprint density at radius 1 is 1.10 bits per heavy atom. The lowest BCUT2D eigenvalue weighted by molar-refractivity contribution is 0.0936. The number of carbonyl (C=O) groups is 2. The summed E-state index contributed by atoms with van der Waals surface area (Å²) in [7, 11) is 0. The Labute approximate surface area is 183 Å². The molecule has 7 nitrogen and oxygen atoms in total. The predicted molar refractivity (Wildman–Crippen MR) is 120 cm³/mol. The van der Waals surface area contributed by atoms with Crippen LogP contribution in [0.2, 0.25) is 0 Å². The molecule has 1 saturated carbocycles. The molecular weight excluding hydrogens is 392 g/mol. The summed E-state index contributed by atoms with van der Waals surface area (Å²) in [5, 5.41) is 5.78. The molecular formula is C24H32N4O3. The number of hydrogen-bond acceptors (Lipinski definition) is 4. The van der Waals surface area contributed by atoms with E-state index in [0.29, 0.717) is 25.4 Å². The SMILES string of the molecule is CC(C)CCn1cc(C(=O)NCCc2ccncc2)c(=O)c(C(=O)NC2CCCC2)c1. The van der Waals surface area contributed by atoms with Gasteiger partial charge in [-0.1, -0.05) is 26.7 Å². The van der Waals surface area contributed by atoms with Gasteiger partial charge < -0.3 is 15.2 Å². The molecule has 0 aliphatic heterocycles. The zero-order valence-corrected chi connectivity index (χ0v) is 18.4. The lowest BCUT2D eigenvalue weighted by Crippen LogP contribution is -2.39. The first-order chi connectivity index (χ1) is 14.9. The normalized spacial score (nSPS) is 14.0. The summed E-state index contributed by atoms with van der Waals surface area (Å²) in [6.45, 7) is 5.26. The fourth-order valence-corrected chi connectivity index (χ4v) is 3.79. The largest absolute Gasteiger partial charge is 0.352 e. The number of aryl methyl sites for hydroxylation is 1. The third kappa shape index (κ3) is 6.51. The smallest absolute Gasteiger partial charge is 0.256 e. The number of hydrogen-bond donors (Lipinski definition) is 2. The van der Waals surface area contributed by atoms with Crippen molar-refractivity contribution in [2.45, 2.75) is 65.0 Å². The number of nitrogens with zero attached hydrogens (tertiary/aromatic N) is 2. The average Bonchev–Trinajstić information content (AvgIpc) is 3.26. The first kappa shape index (κ1) is 22.7. The lowest BCUT2D eigenvalue weighted by Gasteiger charge is -2.15. The highest BCUT2D eigenvalue weighted by Crippen LogP contribution is 2.18. The molecule has 0 saturated heterocycles. The Bertz CT molecular complexity index is 947. The van der Waals surface area contributed by atoms with Crippen LogP contribution < -0.4 is 16.1 Å². The van der Waals surface area contributed by atoms with Gasteiger partial charge in [0, 0.05) is 43.9 Å². The van der Waals surface area contributed by atoms with Crippen LogP contribution in [0.1, 0.15) is 72.2 Å². The minimum absolute atomic E-state index is 0.0116. The summed E-state index contributed by atoms with van der Waals surface area (Å²) < 4.78 is 1.79. The molecule has 1 aliphatic rings. The Morgan fingerprint density at radius 2 is 1.74 bits per heavy atom. The van der Waals surface area contributed by atoms with Crippen LogP contribution >= 0.6 is 0 Å². The number of carbonyl (C=O) groups excluding carboxylic acids is 2. The van der Waals surface area contributed by atoms with Gasteiger partial charge in [0.25, 0.3) is 11.8 Å². The Morgan fingerprint density at radius 3 is 2.39 bits per heavy atom. The second kappa shape index (κ2) is 10.9. The number of aromatic nitrogens is 2. The first-order valence-corrected chi connectivity index (χ1v) is 11.2. The van der Waals surface area contributed by atoms with E-state index in [0.717, 1.165) is 37.7 Å². The van der Waals surface area contributed by atoms with Crippen molar-refractivity contribution in [2.75, 3.05) is 6.54 Å². The Hall–Kier alpha value is -2.96. The summed E-state index contributed by atoms with van der Waals surface area (Å²) in [6, 6.07) is 3.88. The second-order valence-corrected chi connectivity index (χ2v) is 8.65. The molecule has 2 aromatic heterocycles. The van der Waals surface area contributed by atoms with Gasteiger partial charge in [-0.15, -0.1) is 0 Å². The van der Waals surface area contributed by atoms with Gasteiger partial charge in [-0.3, -0.25) is 19.4 Å². The zero-order valence-electron chi connectivity index (χ0n) is 18.4. The summed E-state index contributed by atoms with van der Waals surface area (Å²) >= 11 is 0. The van der Waals surface area contributed by atoms with E-state index < -0.39 is 11.3 Å². The number of nitrogens with one attached hydrogen (secondary N) is 2. The summed E-state index contributed by atoms with van der Waals surface area (Å²) in [6.07, 6.45) is 12.1. The maximum absolute atomic E-state index is 13.0. The van der Waals surface area contributed by atoms with Crippen molar-refractivity contribution < 1.29 is 9.59 Å². The van der Waals surface area contributed by atoms with E-state index in [1.54, 1.807) is 29.4 Å². The van der Waals surface area contributed by atoms with Crippen molar-refractivity contribution in [3.8, 4) is 0 Å². The standard InChI is InChI=1S/C24H32N4O3/c1-17(2)10-14-28-15-20(23(30)26-13-9-18-7-11-25-12-8-18)22(29)21(16-28)24(31)27-19-5-3-4-6-19/h7-8,11-12,15-17,19H,3-6,9-10,13-14H2,1-2H3,(H,26,30)(H,27,31). The molecule has 31 heavy (non-hydrogen) atoms. The van der Waals surface area contributed by atoms with Crippen LogP contribution in [0.5, 0.6) is 0 Å². The van der Waals surface area contributed by atoms with E-state index in [9.17, 15) is 14.4 Å². The van der Waals surface area contributed by atoms with E-state index in [1.807, 2.05) is 12.1 Å². The molecule has 0 bridgehead atoms. The van der Waals surface area contributed by atoms with Gasteiger partial charge in [-0.25, -0.2) is 0 Å². The highest BCUT2D eigenvalue weighted by molar-refractivity contribution is 5.99. The van der Waals surface area contributed by atoms with E-state index >= 15 is 0 Å². The Kier molecular flexibility index (Phi) is 7.98. The topological polar surface area (TPSA) is 93.1 Å². The monoisotopic (exact) mass is 424 g/mol. The molecule has 1 aliphatic carbocycles. The zero-order chi connectivity index (χ0) is 22.2. The molecule has 0 aromatic carbocycles. The number of amides is 2. The molecule has 2 amide bonds. The molecule has 3 rings (SSSR count). The van der Waals surface area contributed by atoms with Crippen molar-refractivity contribution >= 4 is 11.8 Å². The molecule has 0 atom stereocenters. The fourth-order valence-electron chi connectivity index (χ4n) is 3.79. The van der Waals surface area contributed by atoms with Gasteiger partial charge in [0.1, 0.15) is 11.1 Å². The van der Waals surface area contributed by atoms with E-state index in [-0.39, 0.29) is 23.1 Å². The predicted octanol–water partition coefficient (Wildman–Crippen LogP) is 2.93. The fraction of sp³-hybridized carbons (Fsp3) is 0.500. The van der Waals surface area contributed by atoms with Gasteiger partial charge in [-0.05, 0) is 49.3 Å². The highest BCUT2D eigenvalue weighted by Gasteiger charge is 2.23. The molecule has 0 unspecified atom stereocenters. The van der Waals surface area contributed by atoms with Gasteiger partial charge in [-0.2, -0.15) is 0 Å². The van der Waals surface area contributed by atoms with Gasteiger partial charge >= 0.3 is 0 Å². The molecule has 0 spiro atoms. The Balaban J connectivity index is 1.77. The summed E-state index contributed by atoms with van der Waals surface area (Å²) in [5.41, 5.74) is 0.585. The van der Waals surface area contributed by atoms with Crippen LogP contribution in [0.15, 0.2) is 41.7 Å². The van der Waals surface area contributed by atoms with Gasteiger partial charge in [0.15, 0.2) is 0 Å². The molecule has 166 valence electrons. The van der Waals surface area contributed by atoms with Crippen molar-refractivity contribution in [3.63, 3.8) is 0 Å². The van der Waals surface area contributed by atoms with Crippen molar-refractivity contribution in [1.82, 2.24) is 20.2 Å². The molecule has 2 N–H and O–H groups in total. The maximum Gasteiger partial charge on any atom is 0.256 e. The third-order valence-corrected chi connectivity index (χ3v) is 5.67. The van der Waals surface area contributed by atoms with Crippen molar-refractivity contribution in [1.29, 1.82) is 0 Å².